The van der Waals surface area contributed by atoms with E-state index in [1.54, 1.807) is 0 Å². The van der Waals surface area contributed by atoms with E-state index in [4.69, 9.17) is 14.7 Å². The topological polar surface area (TPSA) is 42.2 Å². The fourth-order valence-corrected chi connectivity index (χ4v) is 2.11. The Bertz CT molecular complexity index is 400. The SMILES string of the molecule is C[C@@H](C#N)Sc1ccc2c(c1)OCCO2. The molecule has 1 aliphatic heterocycles. The number of hydrogen-bond donors (Lipinski definition) is 0. The molecule has 0 saturated heterocycles. The largest absolute Gasteiger partial charge is 0.486 e. The summed E-state index contributed by atoms with van der Waals surface area (Å²) < 4.78 is 10.9. The van der Waals surface area contributed by atoms with Crippen molar-refractivity contribution in [2.45, 2.75) is 17.1 Å². The molecule has 4 heteroatoms. The second-order valence-electron chi connectivity index (χ2n) is 3.19. The van der Waals surface area contributed by atoms with Gasteiger partial charge in [-0.1, -0.05) is 0 Å². The molecule has 1 atom stereocenters. The van der Waals surface area contributed by atoms with Crippen molar-refractivity contribution in [3.63, 3.8) is 0 Å². The van der Waals surface area contributed by atoms with Crippen molar-refractivity contribution >= 4 is 11.8 Å². The molecule has 0 radical (unpaired) electrons. The summed E-state index contributed by atoms with van der Waals surface area (Å²) in [7, 11) is 0. The molecule has 2 rings (SSSR count). The zero-order valence-corrected chi connectivity index (χ0v) is 9.21. The van der Waals surface area contributed by atoms with Crippen LogP contribution in [0.2, 0.25) is 0 Å². The molecule has 0 aromatic heterocycles. The van der Waals surface area contributed by atoms with Gasteiger partial charge in [0.25, 0.3) is 0 Å². The Labute approximate surface area is 93.0 Å². The van der Waals surface area contributed by atoms with Crippen LogP contribution in [0.15, 0.2) is 23.1 Å². The van der Waals surface area contributed by atoms with Crippen molar-refractivity contribution in [1.82, 2.24) is 0 Å². The summed E-state index contributed by atoms with van der Waals surface area (Å²) in [5, 5.41) is 8.66. The zero-order valence-electron chi connectivity index (χ0n) is 8.40. The summed E-state index contributed by atoms with van der Waals surface area (Å²) in [4.78, 5) is 1.04. The first-order chi connectivity index (χ1) is 7.29. The van der Waals surface area contributed by atoms with Gasteiger partial charge < -0.3 is 9.47 Å². The monoisotopic (exact) mass is 221 g/mol. The molecule has 0 N–H and O–H groups in total. The van der Waals surface area contributed by atoms with Gasteiger partial charge in [0.1, 0.15) is 13.2 Å². The summed E-state index contributed by atoms with van der Waals surface area (Å²) in [5.74, 6) is 1.56. The Kier molecular flexibility index (Phi) is 3.02. The molecule has 1 aromatic carbocycles. The lowest BCUT2D eigenvalue weighted by Gasteiger charge is -2.18. The Balaban J connectivity index is 2.18. The minimum atomic E-state index is -0.0486. The lowest BCUT2D eigenvalue weighted by molar-refractivity contribution is 0.171. The first-order valence-electron chi connectivity index (χ1n) is 4.75. The minimum absolute atomic E-state index is 0.0486. The van der Waals surface area contributed by atoms with Crippen LogP contribution in [0.4, 0.5) is 0 Å². The summed E-state index contributed by atoms with van der Waals surface area (Å²) in [6.07, 6.45) is 0. The fraction of sp³-hybridized carbons (Fsp3) is 0.364. The third-order valence-corrected chi connectivity index (χ3v) is 2.99. The molecule has 0 aliphatic carbocycles. The number of benzene rings is 1. The van der Waals surface area contributed by atoms with Crippen molar-refractivity contribution < 1.29 is 9.47 Å². The van der Waals surface area contributed by atoms with Crippen LogP contribution in [0.1, 0.15) is 6.92 Å². The summed E-state index contributed by atoms with van der Waals surface area (Å²) in [6, 6.07) is 7.95. The van der Waals surface area contributed by atoms with Gasteiger partial charge in [0.2, 0.25) is 0 Å². The van der Waals surface area contributed by atoms with E-state index in [0.717, 1.165) is 16.4 Å². The fourth-order valence-electron chi connectivity index (χ4n) is 1.33. The molecule has 0 fully saturated rings. The maximum absolute atomic E-state index is 8.71. The second kappa shape index (κ2) is 4.45. The van der Waals surface area contributed by atoms with Crippen molar-refractivity contribution in [1.29, 1.82) is 5.26 Å². The summed E-state index contributed by atoms with van der Waals surface area (Å²) in [6.45, 7) is 3.07. The van der Waals surface area contributed by atoms with Gasteiger partial charge in [-0.15, -0.1) is 11.8 Å². The highest BCUT2D eigenvalue weighted by atomic mass is 32.2. The van der Waals surface area contributed by atoms with E-state index in [-0.39, 0.29) is 5.25 Å². The van der Waals surface area contributed by atoms with E-state index in [9.17, 15) is 0 Å². The Morgan fingerprint density at radius 1 is 1.33 bits per heavy atom. The van der Waals surface area contributed by atoms with Gasteiger partial charge in [-0.2, -0.15) is 5.26 Å². The van der Waals surface area contributed by atoms with Crippen LogP contribution in [-0.4, -0.2) is 18.5 Å². The minimum Gasteiger partial charge on any atom is -0.486 e. The van der Waals surface area contributed by atoms with Crippen LogP contribution in [0.25, 0.3) is 0 Å². The standard InChI is InChI=1S/C11H11NO2S/c1-8(7-12)15-9-2-3-10-11(6-9)14-5-4-13-10/h2-3,6,8H,4-5H2,1H3/t8-/m0/s1. The molecule has 0 spiro atoms. The van der Waals surface area contributed by atoms with E-state index >= 15 is 0 Å². The Morgan fingerprint density at radius 3 is 2.80 bits per heavy atom. The maximum atomic E-state index is 8.71. The molecule has 1 aliphatic rings. The van der Waals surface area contributed by atoms with Gasteiger partial charge in [-0.25, -0.2) is 0 Å². The van der Waals surface area contributed by atoms with Crippen LogP contribution in [0.3, 0.4) is 0 Å². The van der Waals surface area contributed by atoms with Crippen molar-refractivity contribution in [3.8, 4) is 17.6 Å². The third-order valence-electron chi connectivity index (χ3n) is 2.01. The normalized spacial score (nSPS) is 15.5. The highest BCUT2D eigenvalue weighted by Crippen LogP contribution is 2.35. The van der Waals surface area contributed by atoms with Crippen molar-refractivity contribution in [2.24, 2.45) is 0 Å². The van der Waals surface area contributed by atoms with Gasteiger partial charge in [0, 0.05) is 4.90 Å². The van der Waals surface area contributed by atoms with Gasteiger partial charge in [0.05, 0.1) is 11.3 Å². The molecular weight excluding hydrogens is 210 g/mol. The van der Waals surface area contributed by atoms with E-state index < -0.39 is 0 Å². The quantitative estimate of drug-likeness (QED) is 0.719. The Hall–Kier alpha value is -1.34. The van der Waals surface area contributed by atoms with Crippen LogP contribution in [0, 0.1) is 11.3 Å². The molecule has 1 heterocycles. The van der Waals surface area contributed by atoms with E-state index in [2.05, 4.69) is 6.07 Å². The van der Waals surface area contributed by atoms with Crippen molar-refractivity contribution in [3.05, 3.63) is 18.2 Å². The van der Waals surface area contributed by atoms with Crippen LogP contribution >= 0.6 is 11.8 Å². The maximum Gasteiger partial charge on any atom is 0.162 e. The molecule has 0 saturated carbocycles. The van der Waals surface area contributed by atoms with Gasteiger partial charge in [-0.3, -0.25) is 0 Å². The Morgan fingerprint density at radius 2 is 2.07 bits per heavy atom. The summed E-state index contributed by atoms with van der Waals surface area (Å²) >= 11 is 1.52. The van der Waals surface area contributed by atoms with E-state index in [0.29, 0.717) is 13.2 Å². The lowest BCUT2D eigenvalue weighted by atomic mass is 10.3. The molecular formula is C11H11NO2S. The van der Waals surface area contributed by atoms with E-state index in [1.807, 2.05) is 25.1 Å². The molecule has 1 aromatic rings. The summed E-state index contributed by atoms with van der Waals surface area (Å²) in [5.41, 5.74) is 0. The highest BCUT2D eigenvalue weighted by molar-refractivity contribution is 8.00. The predicted octanol–water partition coefficient (Wildman–Crippen LogP) is 2.46. The van der Waals surface area contributed by atoms with Crippen molar-refractivity contribution in [2.75, 3.05) is 13.2 Å². The number of hydrogen-bond acceptors (Lipinski definition) is 4. The first-order valence-corrected chi connectivity index (χ1v) is 5.63. The first kappa shape index (κ1) is 10.2. The molecule has 3 nitrogen and oxygen atoms in total. The molecule has 0 bridgehead atoms. The van der Waals surface area contributed by atoms with Gasteiger partial charge in [-0.05, 0) is 25.1 Å². The lowest BCUT2D eigenvalue weighted by Crippen LogP contribution is -2.15. The predicted molar refractivity (Wildman–Crippen MR) is 58.4 cm³/mol. The smallest absolute Gasteiger partial charge is 0.162 e. The van der Waals surface area contributed by atoms with Crippen LogP contribution in [0.5, 0.6) is 11.5 Å². The van der Waals surface area contributed by atoms with Crippen LogP contribution in [-0.2, 0) is 0 Å². The molecule has 0 unspecified atom stereocenters. The number of ether oxygens (including phenoxy) is 2. The van der Waals surface area contributed by atoms with E-state index in [1.165, 1.54) is 11.8 Å². The molecule has 78 valence electrons. The number of fused-ring (bicyclic) bond motifs is 1. The number of nitrogens with zero attached hydrogens (tertiary/aromatic N) is 1. The second-order valence-corrected chi connectivity index (χ2v) is 4.61. The number of rotatable bonds is 2. The van der Waals surface area contributed by atoms with Crippen LogP contribution < -0.4 is 9.47 Å². The van der Waals surface area contributed by atoms with Gasteiger partial charge >= 0.3 is 0 Å². The zero-order chi connectivity index (χ0) is 10.7. The number of thioether (sulfide) groups is 1. The average molecular weight is 221 g/mol. The highest BCUT2D eigenvalue weighted by Gasteiger charge is 2.12. The average Bonchev–Trinajstić information content (AvgIpc) is 2.29. The molecule has 15 heavy (non-hydrogen) atoms. The third kappa shape index (κ3) is 2.37. The number of nitriles is 1. The molecule has 0 amide bonds. The van der Waals surface area contributed by atoms with Gasteiger partial charge in [0.15, 0.2) is 11.5 Å².